The van der Waals surface area contributed by atoms with Crippen molar-refractivity contribution in [1.82, 2.24) is 0 Å². The fraction of sp³-hybridized carbons (Fsp3) is 0.333. The van der Waals surface area contributed by atoms with Gasteiger partial charge in [-0.15, -0.1) is 0 Å². The van der Waals surface area contributed by atoms with E-state index in [0.29, 0.717) is 5.56 Å². The first-order valence-electron chi connectivity index (χ1n) is 7.01. The molecule has 1 atom stereocenters. The van der Waals surface area contributed by atoms with Gasteiger partial charge in [-0.1, -0.05) is 36.4 Å². The van der Waals surface area contributed by atoms with Gasteiger partial charge in [-0.25, -0.2) is 4.57 Å². The highest BCUT2D eigenvalue weighted by Gasteiger charge is 2.42. The molecule has 0 heterocycles. The van der Waals surface area contributed by atoms with Crippen LogP contribution in [0.25, 0.3) is 10.8 Å². The summed E-state index contributed by atoms with van der Waals surface area (Å²) in [5, 5.41) is 1.89. The van der Waals surface area contributed by atoms with Gasteiger partial charge in [-0.05, 0) is 22.4 Å². The van der Waals surface area contributed by atoms with Gasteiger partial charge in [0.25, 0.3) is 0 Å². The van der Waals surface area contributed by atoms with Crippen LogP contribution < -0.4 is 0 Å². The zero-order chi connectivity index (χ0) is 17.8. The second-order valence-electron chi connectivity index (χ2n) is 4.78. The van der Waals surface area contributed by atoms with Crippen LogP contribution in [0.1, 0.15) is 11.4 Å². The van der Waals surface area contributed by atoms with Gasteiger partial charge in [0.15, 0.2) is 5.85 Å². The second kappa shape index (κ2) is 7.89. The molecule has 0 radical (unpaired) electrons. The Morgan fingerprint density at radius 3 is 1.92 bits per heavy atom. The van der Waals surface area contributed by atoms with E-state index in [9.17, 15) is 9.13 Å². The highest BCUT2D eigenvalue weighted by atomic mass is 31.2. The van der Waals surface area contributed by atoms with Crippen molar-refractivity contribution >= 4 is 26.2 Å². The number of hydrogen-bond acceptors (Lipinski definition) is 7. The zero-order valence-electron chi connectivity index (χ0n) is 13.9. The smallest absolute Gasteiger partial charge is 0.310 e. The third kappa shape index (κ3) is 3.95. The number of hydrogen-bond donors (Lipinski definition) is 0. The summed E-state index contributed by atoms with van der Waals surface area (Å²) in [5.41, 5.74) is 0.468. The summed E-state index contributed by atoms with van der Waals surface area (Å²) < 4.78 is 50.3. The Bertz CT molecular complexity index is 776. The molecular weight excluding hydrogens is 354 g/mol. The van der Waals surface area contributed by atoms with E-state index < -0.39 is 21.3 Å². The third-order valence-corrected chi connectivity index (χ3v) is 7.06. The molecule has 2 rings (SSSR count). The van der Waals surface area contributed by atoms with Crippen molar-refractivity contribution in [3.8, 4) is 0 Å². The van der Waals surface area contributed by atoms with Crippen molar-refractivity contribution in [2.75, 3.05) is 28.4 Å². The van der Waals surface area contributed by atoms with Crippen LogP contribution in [-0.2, 0) is 31.7 Å². The topological polar surface area (TPSA) is 80.3 Å². The highest BCUT2D eigenvalue weighted by molar-refractivity contribution is 7.55. The molecule has 2 aromatic rings. The van der Waals surface area contributed by atoms with Crippen LogP contribution in [0.5, 0.6) is 0 Å². The summed E-state index contributed by atoms with van der Waals surface area (Å²) in [6.45, 7) is 0. The van der Waals surface area contributed by atoms with Gasteiger partial charge in [-0.3, -0.25) is 18.1 Å². The Balaban J connectivity index is 2.55. The lowest BCUT2D eigenvalue weighted by Gasteiger charge is -2.27. The number of rotatable bonds is 8. The third-order valence-electron chi connectivity index (χ3n) is 3.53. The zero-order valence-corrected chi connectivity index (χ0v) is 15.7. The monoisotopic (exact) mass is 374 g/mol. The minimum atomic E-state index is -3.92. The fourth-order valence-electron chi connectivity index (χ4n) is 2.21. The molecule has 0 saturated heterocycles. The maximum atomic E-state index is 12.9. The summed E-state index contributed by atoms with van der Waals surface area (Å²) in [7, 11) is -2.88. The Hall–Kier alpha value is -1.04. The molecule has 0 aliphatic heterocycles. The van der Waals surface area contributed by atoms with Crippen molar-refractivity contribution in [3.63, 3.8) is 0 Å². The average Bonchev–Trinajstić information content (AvgIpc) is 2.65. The normalized spacial score (nSPS) is 14.0. The van der Waals surface area contributed by atoms with E-state index in [2.05, 4.69) is 0 Å². The maximum absolute atomic E-state index is 12.9. The van der Waals surface area contributed by atoms with Gasteiger partial charge < -0.3 is 9.05 Å². The van der Waals surface area contributed by atoms with E-state index in [1.807, 2.05) is 30.3 Å². The van der Waals surface area contributed by atoms with Crippen LogP contribution in [0, 0.1) is 0 Å². The standard InChI is InChI=1S/C15H20O7P2/c1-18-23(16,19-2)15(22-24(17,20-3)21-4)14-10-9-12-7-5-6-8-13(12)11-14/h5-11,15H,1-4H3. The summed E-state index contributed by atoms with van der Waals surface area (Å²) in [4.78, 5) is 0. The Morgan fingerprint density at radius 2 is 1.38 bits per heavy atom. The van der Waals surface area contributed by atoms with Gasteiger partial charge in [-0.2, -0.15) is 0 Å². The molecule has 132 valence electrons. The van der Waals surface area contributed by atoms with Crippen molar-refractivity contribution in [3.05, 3.63) is 48.0 Å². The van der Waals surface area contributed by atoms with Gasteiger partial charge in [0, 0.05) is 28.4 Å². The van der Waals surface area contributed by atoms with Crippen LogP contribution in [0.3, 0.4) is 0 Å². The lowest BCUT2D eigenvalue weighted by molar-refractivity contribution is 0.116. The molecule has 7 nitrogen and oxygen atoms in total. The lowest BCUT2D eigenvalue weighted by Crippen LogP contribution is -2.08. The molecule has 0 fully saturated rings. The second-order valence-corrected chi connectivity index (χ2v) is 8.90. The van der Waals surface area contributed by atoms with E-state index in [1.165, 1.54) is 28.4 Å². The average molecular weight is 374 g/mol. The largest absolute Gasteiger partial charge is 0.475 e. The highest BCUT2D eigenvalue weighted by Crippen LogP contribution is 2.66. The predicted molar refractivity (Wildman–Crippen MR) is 91.0 cm³/mol. The fourth-order valence-corrected chi connectivity index (χ4v) is 4.77. The summed E-state index contributed by atoms with van der Waals surface area (Å²) in [6.07, 6.45) is 0. The van der Waals surface area contributed by atoms with Gasteiger partial charge in [0.05, 0.1) is 0 Å². The molecule has 0 aliphatic rings. The first-order chi connectivity index (χ1) is 11.4. The first kappa shape index (κ1) is 19.3. The summed E-state index contributed by atoms with van der Waals surface area (Å²) >= 11 is 0. The lowest BCUT2D eigenvalue weighted by atomic mass is 10.1. The van der Waals surface area contributed by atoms with E-state index >= 15 is 0 Å². The minimum Gasteiger partial charge on any atom is -0.310 e. The molecule has 0 N–H and O–H groups in total. The molecule has 24 heavy (non-hydrogen) atoms. The quantitative estimate of drug-likeness (QED) is 0.617. The van der Waals surface area contributed by atoms with Gasteiger partial charge in [0.2, 0.25) is 0 Å². The van der Waals surface area contributed by atoms with Gasteiger partial charge in [0.1, 0.15) is 0 Å². The molecule has 0 aromatic heterocycles. The molecule has 0 saturated carbocycles. The van der Waals surface area contributed by atoms with Crippen molar-refractivity contribution in [2.45, 2.75) is 5.85 Å². The van der Waals surface area contributed by atoms with Crippen LogP contribution in [0.15, 0.2) is 42.5 Å². The van der Waals surface area contributed by atoms with E-state index in [0.717, 1.165) is 10.8 Å². The summed E-state index contributed by atoms with van der Waals surface area (Å²) in [6, 6.07) is 12.9. The molecular formula is C15H20O7P2. The van der Waals surface area contributed by atoms with Gasteiger partial charge >= 0.3 is 15.4 Å². The van der Waals surface area contributed by atoms with Crippen molar-refractivity contribution in [1.29, 1.82) is 0 Å². The number of benzene rings is 2. The number of fused-ring (bicyclic) bond motifs is 1. The van der Waals surface area contributed by atoms with Crippen molar-refractivity contribution in [2.24, 2.45) is 0 Å². The molecule has 0 amide bonds. The van der Waals surface area contributed by atoms with Crippen LogP contribution in [0.2, 0.25) is 0 Å². The predicted octanol–water partition coefficient (Wildman–Crippen LogP) is 4.74. The molecule has 0 aliphatic carbocycles. The molecule has 0 spiro atoms. The maximum Gasteiger partial charge on any atom is 0.475 e. The summed E-state index contributed by atoms with van der Waals surface area (Å²) in [5.74, 6) is -1.28. The SMILES string of the molecule is COP(=O)(OC)OC(c1ccc2ccccc2c1)P(=O)(OC)OC. The Kier molecular flexibility index (Phi) is 6.34. The minimum absolute atomic E-state index is 0.468. The number of phosphoric ester groups is 1. The van der Waals surface area contributed by atoms with Crippen LogP contribution >= 0.6 is 15.4 Å². The van der Waals surface area contributed by atoms with Crippen LogP contribution in [0.4, 0.5) is 0 Å². The molecule has 0 bridgehead atoms. The Labute approximate surface area is 141 Å². The number of phosphoric acid groups is 1. The van der Waals surface area contributed by atoms with Crippen molar-refractivity contribution < 1.29 is 31.7 Å². The first-order valence-corrected chi connectivity index (χ1v) is 10.1. The van der Waals surface area contributed by atoms with E-state index in [4.69, 9.17) is 22.6 Å². The Morgan fingerprint density at radius 1 is 0.792 bits per heavy atom. The molecule has 2 aromatic carbocycles. The molecule has 1 unspecified atom stereocenters. The van der Waals surface area contributed by atoms with E-state index in [1.54, 1.807) is 12.1 Å². The van der Waals surface area contributed by atoms with E-state index in [-0.39, 0.29) is 0 Å². The van der Waals surface area contributed by atoms with Crippen LogP contribution in [-0.4, -0.2) is 28.4 Å². The molecule has 9 heteroatoms.